The van der Waals surface area contributed by atoms with Gasteiger partial charge in [0.05, 0.1) is 24.1 Å². The van der Waals surface area contributed by atoms with Crippen LogP contribution in [0.5, 0.6) is 5.75 Å². The summed E-state index contributed by atoms with van der Waals surface area (Å²) in [5, 5.41) is 3.78. The third kappa shape index (κ3) is 9.00. The molecule has 0 aliphatic rings. The molecule has 0 bridgehead atoms. The molecule has 3 aromatic carbocycles. The number of amides is 2. The van der Waals surface area contributed by atoms with E-state index in [1.54, 1.807) is 18.2 Å². The van der Waals surface area contributed by atoms with Gasteiger partial charge in [0.1, 0.15) is 18.3 Å². The van der Waals surface area contributed by atoms with Gasteiger partial charge in [-0.05, 0) is 47.9 Å². The van der Waals surface area contributed by atoms with E-state index in [0.29, 0.717) is 34.3 Å². The Bertz CT molecular complexity index is 1470. The van der Waals surface area contributed by atoms with Gasteiger partial charge < -0.3 is 15.0 Å². The number of halogens is 3. The molecule has 3 aromatic rings. The Morgan fingerprint density at radius 1 is 0.976 bits per heavy atom. The van der Waals surface area contributed by atoms with Crippen molar-refractivity contribution in [3.05, 3.63) is 92.9 Å². The molecule has 2 amide bonds. The van der Waals surface area contributed by atoms with Gasteiger partial charge in [0, 0.05) is 29.6 Å². The molecule has 0 aliphatic heterocycles. The molecule has 0 heterocycles. The van der Waals surface area contributed by atoms with Gasteiger partial charge >= 0.3 is 0 Å². The first-order valence-corrected chi connectivity index (χ1v) is 15.8. The van der Waals surface area contributed by atoms with E-state index >= 15 is 0 Å². The summed E-state index contributed by atoms with van der Waals surface area (Å²) in [6, 6.07) is 17.6. The minimum absolute atomic E-state index is 0.0626. The van der Waals surface area contributed by atoms with E-state index in [1.165, 1.54) is 30.2 Å². The first kappa shape index (κ1) is 32.5. The van der Waals surface area contributed by atoms with Crippen molar-refractivity contribution in [2.24, 2.45) is 0 Å². The van der Waals surface area contributed by atoms with Gasteiger partial charge in [0.2, 0.25) is 21.8 Å². The first-order valence-electron chi connectivity index (χ1n) is 12.8. The van der Waals surface area contributed by atoms with Gasteiger partial charge in [-0.25, -0.2) is 8.42 Å². The van der Waals surface area contributed by atoms with Gasteiger partial charge in [0.25, 0.3) is 0 Å². The Kier molecular flexibility index (Phi) is 11.7. The number of nitrogens with zero attached hydrogens (tertiary/aromatic N) is 2. The molecule has 0 aromatic heterocycles. The average molecular weight is 641 g/mol. The molecule has 0 saturated carbocycles. The van der Waals surface area contributed by atoms with Crippen LogP contribution in [0, 0.1) is 0 Å². The monoisotopic (exact) mass is 639 g/mol. The lowest BCUT2D eigenvalue weighted by Gasteiger charge is -2.33. The molecular formula is C29H32Cl3N3O5S. The van der Waals surface area contributed by atoms with Crippen LogP contribution in [0.1, 0.15) is 24.5 Å². The average Bonchev–Trinajstić information content (AvgIpc) is 2.93. The zero-order valence-electron chi connectivity index (χ0n) is 22.9. The predicted octanol–water partition coefficient (Wildman–Crippen LogP) is 5.59. The highest BCUT2D eigenvalue weighted by atomic mass is 35.5. The van der Waals surface area contributed by atoms with Crippen LogP contribution in [0.3, 0.4) is 0 Å². The fourth-order valence-electron chi connectivity index (χ4n) is 4.18. The molecule has 0 radical (unpaired) electrons. The molecule has 1 unspecified atom stereocenters. The van der Waals surface area contributed by atoms with Gasteiger partial charge in [-0.3, -0.25) is 13.9 Å². The standard InChI is InChI=1S/C29H32Cl3N3O5S/c1-4-14-33-29(37)26(15-20-8-6-5-7-9-20)34(18-21-10-11-22(30)16-24(21)31)28(36)19-35(41(3,38)39)23-12-13-27(40-2)25(32)17-23/h5-13,16-17,26H,4,14-15,18-19H2,1-3H3,(H,33,37). The Balaban J connectivity index is 2.08. The third-order valence-corrected chi connectivity index (χ3v) is 8.30. The van der Waals surface area contributed by atoms with E-state index in [2.05, 4.69) is 5.32 Å². The second kappa shape index (κ2) is 14.8. The van der Waals surface area contributed by atoms with Gasteiger partial charge in [-0.15, -0.1) is 0 Å². The third-order valence-electron chi connectivity index (χ3n) is 6.28. The molecule has 1 atom stereocenters. The summed E-state index contributed by atoms with van der Waals surface area (Å²) in [7, 11) is -2.51. The number of nitrogens with one attached hydrogen (secondary N) is 1. The minimum Gasteiger partial charge on any atom is -0.495 e. The van der Waals surface area contributed by atoms with Crippen molar-refractivity contribution in [3.63, 3.8) is 0 Å². The summed E-state index contributed by atoms with van der Waals surface area (Å²) >= 11 is 18.8. The number of methoxy groups -OCH3 is 1. The number of hydrogen-bond donors (Lipinski definition) is 1. The highest BCUT2D eigenvalue weighted by Crippen LogP contribution is 2.31. The normalized spacial score (nSPS) is 12.0. The number of sulfonamides is 1. The molecule has 1 N–H and O–H groups in total. The lowest BCUT2D eigenvalue weighted by Crippen LogP contribution is -2.53. The van der Waals surface area contributed by atoms with E-state index in [4.69, 9.17) is 39.5 Å². The molecule has 220 valence electrons. The van der Waals surface area contributed by atoms with Crippen molar-refractivity contribution in [2.45, 2.75) is 32.4 Å². The Morgan fingerprint density at radius 3 is 2.27 bits per heavy atom. The number of benzene rings is 3. The Labute approximate surface area is 256 Å². The minimum atomic E-state index is -3.95. The van der Waals surface area contributed by atoms with Crippen molar-refractivity contribution in [2.75, 3.05) is 30.8 Å². The number of anilines is 1. The van der Waals surface area contributed by atoms with Crippen LogP contribution >= 0.6 is 34.8 Å². The fourth-order valence-corrected chi connectivity index (χ4v) is 5.74. The second-order valence-corrected chi connectivity index (χ2v) is 12.5. The fraction of sp³-hybridized carbons (Fsp3) is 0.310. The number of hydrogen-bond acceptors (Lipinski definition) is 5. The van der Waals surface area contributed by atoms with Crippen LogP contribution in [0.2, 0.25) is 15.1 Å². The predicted molar refractivity (Wildman–Crippen MR) is 164 cm³/mol. The first-order chi connectivity index (χ1) is 19.4. The molecule has 0 saturated heterocycles. The van der Waals surface area contributed by atoms with Crippen molar-refractivity contribution in [1.82, 2.24) is 10.2 Å². The van der Waals surface area contributed by atoms with Crippen LogP contribution in [-0.2, 0) is 32.6 Å². The summed E-state index contributed by atoms with van der Waals surface area (Å²) in [5.41, 5.74) is 1.54. The zero-order chi connectivity index (χ0) is 30.2. The van der Waals surface area contributed by atoms with E-state index in [9.17, 15) is 18.0 Å². The lowest BCUT2D eigenvalue weighted by molar-refractivity contribution is -0.140. The Morgan fingerprint density at radius 2 is 1.68 bits per heavy atom. The molecule has 0 aliphatic carbocycles. The molecule has 0 fully saturated rings. The van der Waals surface area contributed by atoms with Crippen molar-refractivity contribution < 1.29 is 22.7 Å². The van der Waals surface area contributed by atoms with E-state index < -0.39 is 28.5 Å². The molecule has 3 rings (SSSR count). The van der Waals surface area contributed by atoms with Crippen LogP contribution < -0.4 is 14.4 Å². The lowest BCUT2D eigenvalue weighted by atomic mass is 10.0. The van der Waals surface area contributed by atoms with E-state index in [1.807, 2.05) is 37.3 Å². The van der Waals surface area contributed by atoms with Crippen molar-refractivity contribution in [1.29, 1.82) is 0 Å². The van der Waals surface area contributed by atoms with Crippen LogP contribution in [0.4, 0.5) is 5.69 Å². The second-order valence-electron chi connectivity index (χ2n) is 9.34. The summed E-state index contributed by atoms with van der Waals surface area (Å²) in [6.45, 7) is 1.69. The SMILES string of the molecule is CCCNC(=O)C(Cc1ccccc1)N(Cc1ccc(Cl)cc1Cl)C(=O)CN(c1ccc(OC)c(Cl)c1)S(C)(=O)=O. The molecule has 8 nitrogen and oxygen atoms in total. The van der Waals surface area contributed by atoms with Crippen LogP contribution in [0.25, 0.3) is 0 Å². The van der Waals surface area contributed by atoms with E-state index in [0.717, 1.165) is 16.1 Å². The van der Waals surface area contributed by atoms with Crippen molar-refractivity contribution in [3.8, 4) is 5.75 Å². The smallest absolute Gasteiger partial charge is 0.244 e. The van der Waals surface area contributed by atoms with Crippen molar-refractivity contribution >= 4 is 62.3 Å². The van der Waals surface area contributed by atoms with Gasteiger partial charge in [0.15, 0.2) is 0 Å². The number of ether oxygens (including phenoxy) is 1. The summed E-state index contributed by atoms with van der Waals surface area (Å²) in [5.74, 6) is -0.627. The highest BCUT2D eigenvalue weighted by molar-refractivity contribution is 7.92. The maximum atomic E-state index is 14.1. The Hall–Kier alpha value is -2.98. The van der Waals surface area contributed by atoms with Crippen LogP contribution in [-0.4, -0.2) is 57.6 Å². The van der Waals surface area contributed by atoms with Gasteiger partial charge in [-0.2, -0.15) is 0 Å². The zero-order valence-corrected chi connectivity index (χ0v) is 26.0. The number of carbonyl (C=O) groups is 2. The largest absolute Gasteiger partial charge is 0.495 e. The van der Waals surface area contributed by atoms with Gasteiger partial charge in [-0.1, -0.05) is 78.1 Å². The molecule has 41 heavy (non-hydrogen) atoms. The maximum absolute atomic E-state index is 14.1. The quantitative estimate of drug-likeness (QED) is 0.263. The summed E-state index contributed by atoms with van der Waals surface area (Å²) in [6.07, 6.45) is 1.88. The number of rotatable bonds is 13. The highest BCUT2D eigenvalue weighted by Gasteiger charge is 2.33. The topological polar surface area (TPSA) is 96.0 Å². The maximum Gasteiger partial charge on any atom is 0.244 e. The molecular weight excluding hydrogens is 609 g/mol. The molecule has 0 spiro atoms. The van der Waals surface area contributed by atoms with E-state index in [-0.39, 0.29) is 29.6 Å². The summed E-state index contributed by atoms with van der Waals surface area (Å²) in [4.78, 5) is 29.0. The summed E-state index contributed by atoms with van der Waals surface area (Å²) < 4.78 is 31.9. The van der Waals surface area contributed by atoms with Crippen LogP contribution in [0.15, 0.2) is 66.7 Å². The number of carbonyl (C=O) groups excluding carboxylic acids is 2. The molecule has 12 heteroatoms.